The molecule has 0 aliphatic carbocycles. The number of rotatable bonds is 6. The predicted octanol–water partition coefficient (Wildman–Crippen LogP) is 2.41. The lowest BCUT2D eigenvalue weighted by Crippen LogP contribution is -2.28. The van der Waals surface area contributed by atoms with Crippen molar-refractivity contribution in [2.45, 2.75) is 13.2 Å². The number of carbonyl (C=O) groups is 3. The molecule has 0 saturated heterocycles. The van der Waals surface area contributed by atoms with Crippen LogP contribution in [0.5, 0.6) is 0 Å². The summed E-state index contributed by atoms with van der Waals surface area (Å²) in [6.45, 7) is -0.156. The monoisotopic (exact) mass is 429 g/mol. The van der Waals surface area contributed by atoms with Gasteiger partial charge in [-0.2, -0.15) is 4.68 Å². The summed E-state index contributed by atoms with van der Waals surface area (Å²) in [5.74, 6) is -0.788. The Balaban J connectivity index is 1.31. The molecule has 0 radical (unpaired) electrons. The van der Waals surface area contributed by atoms with E-state index in [4.69, 9.17) is 9.15 Å². The Bertz CT molecular complexity index is 1310. The molecule has 2 aromatic carbocycles. The summed E-state index contributed by atoms with van der Waals surface area (Å²) in [6, 6.07) is 16.8. The molecule has 2 amide bonds. The lowest BCUT2D eigenvalue weighted by molar-refractivity contribution is 0.0459. The van der Waals surface area contributed by atoms with Crippen LogP contribution >= 0.6 is 0 Å². The van der Waals surface area contributed by atoms with Crippen molar-refractivity contribution in [2.75, 3.05) is 0 Å². The molecule has 10 nitrogen and oxygen atoms in total. The van der Waals surface area contributed by atoms with E-state index in [1.807, 2.05) is 30.3 Å². The number of carbonyl (C=O) groups excluding carboxylic acids is 3. The Hall–Kier alpha value is -4.60. The third-order valence-electron chi connectivity index (χ3n) is 4.97. The maximum Gasteiger partial charge on any atom is 0.338 e. The molecule has 5 rings (SSSR count). The number of hydrogen-bond acceptors (Lipinski definition) is 8. The molecule has 0 N–H and O–H groups in total. The van der Waals surface area contributed by atoms with Crippen LogP contribution in [-0.4, -0.2) is 42.9 Å². The van der Waals surface area contributed by atoms with Crippen molar-refractivity contribution in [2.24, 2.45) is 0 Å². The van der Waals surface area contributed by atoms with Crippen molar-refractivity contribution in [1.29, 1.82) is 0 Å². The number of amides is 2. The maximum absolute atomic E-state index is 12.7. The van der Waals surface area contributed by atoms with Crippen molar-refractivity contribution in [3.05, 3.63) is 95.2 Å². The van der Waals surface area contributed by atoms with E-state index >= 15 is 0 Å². The number of ether oxygens (including phenoxy) is 1. The number of benzene rings is 2. The van der Waals surface area contributed by atoms with Gasteiger partial charge in [-0.15, -0.1) is 5.10 Å². The van der Waals surface area contributed by atoms with Crippen LogP contribution < -0.4 is 0 Å². The summed E-state index contributed by atoms with van der Waals surface area (Å²) in [6.07, 6.45) is 1.47. The van der Waals surface area contributed by atoms with E-state index in [2.05, 4.69) is 15.5 Å². The molecular weight excluding hydrogens is 414 g/mol. The van der Waals surface area contributed by atoms with Crippen LogP contribution in [0.4, 0.5) is 0 Å². The first-order valence-corrected chi connectivity index (χ1v) is 9.64. The second kappa shape index (κ2) is 7.91. The summed E-state index contributed by atoms with van der Waals surface area (Å²) in [7, 11) is 0. The van der Waals surface area contributed by atoms with E-state index in [1.165, 1.54) is 29.1 Å². The molecule has 0 spiro atoms. The van der Waals surface area contributed by atoms with Crippen LogP contribution in [0.25, 0.3) is 5.69 Å². The molecule has 0 unspecified atom stereocenters. The summed E-state index contributed by atoms with van der Waals surface area (Å²) in [4.78, 5) is 39.0. The molecule has 4 aromatic rings. The quantitative estimate of drug-likeness (QED) is 0.338. The van der Waals surface area contributed by atoms with Crippen molar-refractivity contribution >= 4 is 17.8 Å². The number of imide groups is 1. The minimum atomic E-state index is -0.667. The largest absolute Gasteiger partial charge is 0.467 e. The summed E-state index contributed by atoms with van der Waals surface area (Å²) < 4.78 is 12.0. The fraction of sp³-hybridized carbons (Fsp3) is 0.0909. The zero-order chi connectivity index (χ0) is 22.1. The molecule has 10 heteroatoms. The molecule has 1 aliphatic heterocycles. The van der Waals surface area contributed by atoms with Gasteiger partial charge in [-0.1, -0.05) is 18.2 Å². The molecule has 0 saturated carbocycles. The van der Waals surface area contributed by atoms with Gasteiger partial charge < -0.3 is 9.15 Å². The molecule has 2 aromatic heterocycles. The van der Waals surface area contributed by atoms with E-state index in [0.29, 0.717) is 11.6 Å². The number of fused-ring (bicyclic) bond motifs is 1. The summed E-state index contributed by atoms with van der Waals surface area (Å²) in [5.41, 5.74) is 1.24. The van der Waals surface area contributed by atoms with Gasteiger partial charge in [-0.3, -0.25) is 14.5 Å². The van der Waals surface area contributed by atoms with Gasteiger partial charge in [0.1, 0.15) is 5.76 Å². The second-order valence-corrected chi connectivity index (χ2v) is 6.95. The molecule has 3 heterocycles. The minimum Gasteiger partial charge on any atom is -0.467 e. The fourth-order valence-electron chi connectivity index (χ4n) is 3.40. The number of esters is 1. The first-order valence-electron chi connectivity index (χ1n) is 9.64. The van der Waals surface area contributed by atoms with Gasteiger partial charge in [0.25, 0.3) is 11.8 Å². The maximum atomic E-state index is 12.7. The van der Waals surface area contributed by atoms with Crippen molar-refractivity contribution < 1.29 is 23.5 Å². The highest BCUT2D eigenvalue weighted by Crippen LogP contribution is 2.26. The first kappa shape index (κ1) is 19.4. The van der Waals surface area contributed by atoms with Crippen molar-refractivity contribution in [3.8, 4) is 5.69 Å². The first-order chi connectivity index (χ1) is 15.6. The Kier molecular flexibility index (Phi) is 4.79. The van der Waals surface area contributed by atoms with Crippen LogP contribution in [0.3, 0.4) is 0 Å². The van der Waals surface area contributed by atoms with E-state index in [0.717, 1.165) is 10.6 Å². The summed E-state index contributed by atoms with van der Waals surface area (Å²) >= 11 is 0. The number of para-hydroxylation sites is 1. The molecule has 0 atom stereocenters. The highest BCUT2D eigenvalue weighted by Gasteiger charge is 2.36. The second-order valence-electron chi connectivity index (χ2n) is 6.95. The van der Waals surface area contributed by atoms with Crippen LogP contribution in [0.1, 0.15) is 42.7 Å². The van der Waals surface area contributed by atoms with E-state index in [9.17, 15) is 14.4 Å². The minimum absolute atomic E-state index is 0.0152. The lowest BCUT2D eigenvalue weighted by atomic mass is 10.1. The van der Waals surface area contributed by atoms with Gasteiger partial charge in [-0.05, 0) is 52.9 Å². The number of aromatic nitrogens is 4. The van der Waals surface area contributed by atoms with E-state index in [-0.39, 0.29) is 29.8 Å². The van der Waals surface area contributed by atoms with Crippen LogP contribution in [0.2, 0.25) is 0 Å². The average Bonchev–Trinajstić information content (AvgIpc) is 3.56. The number of nitrogens with zero attached hydrogens (tertiary/aromatic N) is 5. The number of tetrazole rings is 1. The predicted molar refractivity (Wildman–Crippen MR) is 108 cm³/mol. The van der Waals surface area contributed by atoms with Crippen LogP contribution in [-0.2, 0) is 17.9 Å². The Morgan fingerprint density at radius 1 is 0.969 bits per heavy atom. The average molecular weight is 429 g/mol. The molecule has 32 heavy (non-hydrogen) atoms. The van der Waals surface area contributed by atoms with Crippen molar-refractivity contribution in [1.82, 2.24) is 25.1 Å². The summed E-state index contributed by atoms with van der Waals surface area (Å²) in [5, 5.41) is 11.4. The molecule has 0 bridgehead atoms. The zero-order valence-electron chi connectivity index (χ0n) is 16.5. The lowest BCUT2D eigenvalue weighted by Gasteiger charge is -2.11. The van der Waals surface area contributed by atoms with Gasteiger partial charge in [0.2, 0.25) is 0 Å². The van der Waals surface area contributed by atoms with Gasteiger partial charge in [0.05, 0.1) is 35.2 Å². The third-order valence-corrected chi connectivity index (χ3v) is 4.97. The van der Waals surface area contributed by atoms with Crippen LogP contribution in [0.15, 0.2) is 71.3 Å². The molecule has 1 aliphatic rings. The number of hydrogen-bond donors (Lipinski definition) is 0. The Labute approximate surface area is 181 Å². The normalized spacial score (nSPS) is 12.8. The fourth-order valence-corrected chi connectivity index (χ4v) is 3.40. The zero-order valence-corrected chi connectivity index (χ0v) is 16.5. The molecule has 0 fully saturated rings. The van der Waals surface area contributed by atoms with Crippen molar-refractivity contribution in [3.63, 3.8) is 0 Å². The highest BCUT2D eigenvalue weighted by atomic mass is 16.5. The standard InChI is InChI=1S/C22H15N5O5/c28-20-17-9-8-14(11-18(17)21(29)26(20)12-16-7-4-10-31-16)22(30)32-13-19-23-24-25-27(19)15-5-2-1-3-6-15/h1-11H,12-13H2. The van der Waals surface area contributed by atoms with E-state index < -0.39 is 17.8 Å². The molecule has 158 valence electrons. The van der Waals surface area contributed by atoms with Crippen LogP contribution in [0, 0.1) is 0 Å². The number of furan rings is 1. The van der Waals surface area contributed by atoms with E-state index in [1.54, 1.807) is 12.1 Å². The van der Waals surface area contributed by atoms with Gasteiger partial charge in [0.15, 0.2) is 12.4 Å². The van der Waals surface area contributed by atoms with Gasteiger partial charge in [0, 0.05) is 0 Å². The Morgan fingerprint density at radius 3 is 2.56 bits per heavy atom. The highest BCUT2D eigenvalue weighted by molar-refractivity contribution is 6.21. The third kappa shape index (κ3) is 3.43. The SMILES string of the molecule is O=C(OCc1nnnn1-c1ccccc1)c1ccc2c(c1)C(=O)N(Cc1ccco1)C2=O. The molecular formula is C22H15N5O5. The van der Waals surface area contributed by atoms with Gasteiger partial charge >= 0.3 is 5.97 Å². The topological polar surface area (TPSA) is 120 Å². The van der Waals surface area contributed by atoms with Gasteiger partial charge in [-0.25, -0.2) is 4.79 Å². The Morgan fingerprint density at radius 2 is 1.78 bits per heavy atom. The smallest absolute Gasteiger partial charge is 0.338 e.